The number of carbonyl (C=O) groups excluding carboxylic acids is 1. The van der Waals surface area contributed by atoms with E-state index in [4.69, 9.17) is 0 Å². The minimum atomic E-state index is 0.0755. The smallest absolute Gasteiger partial charge is 0.160 e. The topological polar surface area (TPSA) is 17.1 Å². The van der Waals surface area contributed by atoms with Crippen LogP contribution >= 0.6 is 15.9 Å². The fourth-order valence-corrected chi connectivity index (χ4v) is 2.27. The molecule has 0 aliphatic heterocycles. The third-order valence-electron chi connectivity index (χ3n) is 2.46. The van der Waals surface area contributed by atoms with E-state index in [1.807, 2.05) is 36.4 Å². The van der Waals surface area contributed by atoms with Gasteiger partial charge in [-0.2, -0.15) is 0 Å². The normalized spacial score (nSPS) is 10.1. The molecule has 0 saturated heterocycles. The maximum atomic E-state index is 11.3. The minimum Gasteiger partial charge on any atom is -0.294 e. The Morgan fingerprint density at radius 3 is 2.25 bits per heavy atom. The predicted octanol–water partition coefficient (Wildman–Crippen LogP) is 4.32. The molecule has 0 atom stereocenters. The van der Waals surface area contributed by atoms with Crippen LogP contribution in [0.5, 0.6) is 0 Å². The number of hydrogen-bond acceptors (Lipinski definition) is 1. The molecule has 16 heavy (non-hydrogen) atoms. The Hall–Kier alpha value is -1.41. The van der Waals surface area contributed by atoms with Crippen LogP contribution in [-0.4, -0.2) is 5.78 Å². The van der Waals surface area contributed by atoms with Crippen molar-refractivity contribution in [3.8, 4) is 11.1 Å². The highest BCUT2D eigenvalue weighted by Crippen LogP contribution is 2.26. The van der Waals surface area contributed by atoms with Gasteiger partial charge in [-0.25, -0.2) is 0 Å². The zero-order valence-corrected chi connectivity index (χ0v) is 10.5. The summed E-state index contributed by atoms with van der Waals surface area (Å²) in [6.07, 6.45) is 0. The number of carbonyl (C=O) groups is 1. The van der Waals surface area contributed by atoms with Crippen LogP contribution in [0.25, 0.3) is 11.1 Å². The molecule has 0 amide bonds. The summed E-state index contributed by atoms with van der Waals surface area (Å²) in [6.45, 7) is 1.57. The molecule has 80 valence electrons. The van der Waals surface area contributed by atoms with Gasteiger partial charge in [-0.05, 0) is 30.2 Å². The summed E-state index contributed by atoms with van der Waals surface area (Å²) >= 11 is 3.42. The van der Waals surface area contributed by atoms with Crippen molar-refractivity contribution in [3.05, 3.63) is 58.6 Å². The number of ketones is 1. The Morgan fingerprint density at radius 2 is 1.69 bits per heavy atom. The minimum absolute atomic E-state index is 0.0755. The fraction of sp³-hybridized carbons (Fsp3) is 0.0714. The van der Waals surface area contributed by atoms with E-state index in [2.05, 4.69) is 28.1 Å². The molecule has 2 aromatic carbocycles. The standard InChI is InChI=1S/C14H11BrO/c1-10(16)13-8-7-12(9-14(13)15)11-5-3-2-4-6-11/h2-9H,1H3. The van der Waals surface area contributed by atoms with Crippen LogP contribution in [0, 0.1) is 0 Å². The second-order valence-corrected chi connectivity index (χ2v) is 4.47. The fourth-order valence-electron chi connectivity index (χ4n) is 1.61. The van der Waals surface area contributed by atoms with Crippen molar-refractivity contribution in [3.63, 3.8) is 0 Å². The van der Waals surface area contributed by atoms with Crippen LogP contribution in [-0.2, 0) is 0 Å². The number of benzene rings is 2. The van der Waals surface area contributed by atoms with E-state index >= 15 is 0 Å². The number of halogens is 1. The Labute approximate surface area is 103 Å². The van der Waals surface area contributed by atoms with Crippen molar-refractivity contribution in [2.24, 2.45) is 0 Å². The Balaban J connectivity index is 2.46. The molecule has 0 aromatic heterocycles. The van der Waals surface area contributed by atoms with Crippen molar-refractivity contribution >= 4 is 21.7 Å². The van der Waals surface area contributed by atoms with E-state index in [9.17, 15) is 4.79 Å². The largest absolute Gasteiger partial charge is 0.294 e. The third kappa shape index (κ3) is 2.22. The van der Waals surface area contributed by atoms with Crippen molar-refractivity contribution in [2.45, 2.75) is 6.92 Å². The highest BCUT2D eigenvalue weighted by molar-refractivity contribution is 9.10. The zero-order valence-electron chi connectivity index (χ0n) is 8.91. The lowest BCUT2D eigenvalue weighted by Crippen LogP contribution is -1.93. The van der Waals surface area contributed by atoms with Crippen LogP contribution in [0.15, 0.2) is 53.0 Å². The summed E-state index contributed by atoms with van der Waals surface area (Å²) in [5.74, 6) is 0.0755. The van der Waals surface area contributed by atoms with E-state index in [1.54, 1.807) is 6.92 Å². The predicted molar refractivity (Wildman–Crippen MR) is 69.6 cm³/mol. The molecule has 0 fully saturated rings. The first kappa shape index (κ1) is 11.1. The maximum absolute atomic E-state index is 11.3. The lowest BCUT2D eigenvalue weighted by atomic mass is 10.0. The first-order valence-electron chi connectivity index (χ1n) is 5.04. The van der Waals surface area contributed by atoms with Crippen LogP contribution in [0.1, 0.15) is 17.3 Å². The molecular weight excluding hydrogens is 264 g/mol. The Morgan fingerprint density at radius 1 is 1.00 bits per heavy atom. The van der Waals surface area contributed by atoms with E-state index < -0.39 is 0 Å². The number of Topliss-reactive ketones (excluding diaryl/α,β-unsaturated/α-hetero) is 1. The Kier molecular flexibility index (Phi) is 3.20. The van der Waals surface area contributed by atoms with Gasteiger partial charge < -0.3 is 0 Å². The summed E-state index contributed by atoms with van der Waals surface area (Å²) in [6, 6.07) is 15.9. The molecule has 0 N–H and O–H groups in total. The molecule has 0 radical (unpaired) electrons. The molecule has 2 heteroatoms. The first-order chi connectivity index (χ1) is 7.68. The van der Waals surface area contributed by atoms with Gasteiger partial charge in [0.05, 0.1) is 0 Å². The molecule has 0 heterocycles. The van der Waals surface area contributed by atoms with Crippen molar-refractivity contribution in [1.29, 1.82) is 0 Å². The summed E-state index contributed by atoms with van der Waals surface area (Å²) in [5.41, 5.74) is 2.98. The molecule has 0 aliphatic rings. The molecule has 2 aromatic rings. The molecule has 0 aliphatic carbocycles. The van der Waals surface area contributed by atoms with E-state index in [1.165, 1.54) is 0 Å². The molecule has 0 spiro atoms. The second kappa shape index (κ2) is 4.62. The average Bonchev–Trinajstić information content (AvgIpc) is 2.29. The van der Waals surface area contributed by atoms with Crippen molar-refractivity contribution in [1.82, 2.24) is 0 Å². The van der Waals surface area contributed by atoms with Crippen molar-refractivity contribution < 1.29 is 4.79 Å². The molecule has 0 saturated carbocycles. The third-order valence-corrected chi connectivity index (χ3v) is 3.11. The van der Waals surface area contributed by atoms with Crippen LogP contribution in [0.2, 0.25) is 0 Å². The van der Waals surface area contributed by atoms with Crippen LogP contribution in [0.3, 0.4) is 0 Å². The maximum Gasteiger partial charge on any atom is 0.160 e. The quantitative estimate of drug-likeness (QED) is 0.746. The molecule has 0 bridgehead atoms. The van der Waals surface area contributed by atoms with E-state index in [0.717, 1.165) is 21.2 Å². The first-order valence-corrected chi connectivity index (χ1v) is 5.83. The van der Waals surface area contributed by atoms with Gasteiger partial charge in [0.2, 0.25) is 0 Å². The monoisotopic (exact) mass is 274 g/mol. The average molecular weight is 275 g/mol. The van der Waals surface area contributed by atoms with Gasteiger partial charge in [0, 0.05) is 10.0 Å². The lowest BCUT2D eigenvalue weighted by Gasteiger charge is -2.05. The van der Waals surface area contributed by atoms with Crippen LogP contribution < -0.4 is 0 Å². The molecule has 1 nitrogen and oxygen atoms in total. The number of hydrogen-bond donors (Lipinski definition) is 0. The second-order valence-electron chi connectivity index (χ2n) is 3.62. The number of rotatable bonds is 2. The van der Waals surface area contributed by atoms with Gasteiger partial charge in [0.25, 0.3) is 0 Å². The summed E-state index contributed by atoms with van der Waals surface area (Å²) in [7, 11) is 0. The molecular formula is C14H11BrO. The van der Waals surface area contributed by atoms with Gasteiger partial charge in [-0.1, -0.05) is 52.3 Å². The van der Waals surface area contributed by atoms with Gasteiger partial charge in [-0.15, -0.1) is 0 Å². The van der Waals surface area contributed by atoms with E-state index in [-0.39, 0.29) is 5.78 Å². The van der Waals surface area contributed by atoms with Gasteiger partial charge >= 0.3 is 0 Å². The SMILES string of the molecule is CC(=O)c1ccc(-c2ccccc2)cc1Br. The highest BCUT2D eigenvalue weighted by Gasteiger charge is 2.06. The van der Waals surface area contributed by atoms with Gasteiger partial charge in [0.1, 0.15) is 0 Å². The zero-order chi connectivity index (χ0) is 11.5. The van der Waals surface area contributed by atoms with Gasteiger partial charge in [0.15, 0.2) is 5.78 Å². The lowest BCUT2D eigenvalue weighted by molar-refractivity contribution is 0.101. The highest BCUT2D eigenvalue weighted by atomic mass is 79.9. The summed E-state index contributed by atoms with van der Waals surface area (Å²) in [4.78, 5) is 11.3. The Bertz CT molecular complexity index is 518. The summed E-state index contributed by atoms with van der Waals surface area (Å²) < 4.78 is 0.848. The molecule has 0 unspecified atom stereocenters. The van der Waals surface area contributed by atoms with Gasteiger partial charge in [-0.3, -0.25) is 4.79 Å². The summed E-state index contributed by atoms with van der Waals surface area (Å²) in [5, 5.41) is 0. The van der Waals surface area contributed by atoms with Crippen molar-refractivity contribution in [2.75, 3.05) is 0 Å². The molecule has 2 rings (SSSR count). The van der Waals surface area contributed by atoms with Crippen LogP contribution in [0.4, 0.5) is 0 Å². The van der Waals surface area contributed by atoms with E-state index in [0.29, 0.717) is 0 Å².